The summed E-state index contributed by atoms with van der Waals surface area (Å²) in [5, 5.41) is 15.4. The smallest absolute Gasteiger partial charge is 0.219 e. The molecule has 1 saturated heterocycles. The minimum absolute atomic E-state index is 0.00787. The van der Waals surface area contributed by atoms with Crippen molar-refractivity contribution in [2.45, 2.75) is 32.0 Å². The van der Waals surface area contributed by atoms with Crippen LogP contribution in [-0.2, 0) is 13.0 Å². The molecule has 12 heteroatoms. The van der Waals surface area contributed by atoms with E-state index in [1.165, 1.54) is 40.3 Å². The van der Waals surface area contributed by atoms with Gasteiger partial charge >= 0.3 is 0 Å². The van der Waals surface area contributed by atoms with Crippen LogP contribution in [0.15, 0.2) is 54.9 Å². The Labute approximate surface area is 251 Å². The van der Waals surface area contributed by atoms with Gasteiger partial charge in [-0.3, -0.25) is 9.69 Å². The molecule has 0 saturated carbocycles. The van der Waals surface area contributed by atoms with Crippen molar-refractivity contribution in [3.8, 4) is 17.3 Å². The van der Waals surface area contributed by atoms with Crippen molar-refractivity contribution in [3.05, 3.63) is 94.4 Å². The number of aliphatic hydroxyl groups is 1. The number of aromatic nitrogens is 4. The third kappa shape index (κ3) is 4.80. The minimum Gasteiger partial charge on any atom is -0.433 e. The Morgan fingerprint density at radius 1 is 1.14 bits per heavy atom. The fourth-order valence-electron chi connectivity index (χ4n) is 6.26. The SMILES string of the molecule is Cc1cc(Oc2c(F)cccc2F)ncc1-n1ncc(C(=O)c2cc3cc4c(cc3[nH]2)CC(CO)N(C2CN(C)C2)C4)c1N. The lowest BCUT2D eigenvalue weighted by atomic mass is 9.90. The molecule has 2 aliphatic rings. The predicted octanol–water partition coefficient (Wildman–Crippen LogP) is 3.97. The van der Waals surface area contributed by atoms with Crippen LogP contribution in [0.4, 0.5) is 14.6 Å². The van der Waals surface area contributed by atoms with Crippen molar-refractivity contribution in [2.75, 3.05) is 32.5 Å². The van der Waals surface area contributed by atoms with Crippen LogP contribution in [0.25, 0.3) is 16.6 Å². The van der Waals surface area contributed by atoms with E-state index in [4.69, 9.17) is 10.5 Å². The summed E-state index contributed by atoms with van der Waals surface area (Å²) in [6.07, 6.45) is 3.57. The number of benzene rings is 2. The van der Waals surface area contributed by atoms with E-state index in [2.05, 4.69) is 44.0 Å². The van der Waals surface area contributed by atoms with Crippen LogP contribution in [0.3, 0.4) is 0 Å². The number of likely N-dealkylation sites (tertiary alicyclic amines) is 1. The Balaban J connectivity index is 1.13. The molecule has 7 rings (SSSR count). The van der Waals surface area contributed by atoms with Gasteiger partial charge in [-0.15, -0.1) is 0 Å². The van der Waals surface area contributed by atoms with E-state index < -0.39 is 17.4 Å². The lowest BCUT2D eigenvalue weighted by Crippen LogP contribution is -2.61. The van der Waals surface area contributed by atoms with Gasteiger partial charge in [0.1, 0.15) is 5.82 Å². The molecule has 4 N–H and O–H groups in total. The van der Waals surface area contributed by atoms with E-state index in [0.29, 0.717) is 23.0 Å². The molecule has 0 spiro atoms. The number of aryl methyl sites for hydroxylation is 1. The van der Waals surface area contributed by atoms with Crippen molar-refractivity contribution in [1.29, 1.82) is 0 Å². The molecule has 0 amide bonds. The van der Waals surface area contributed by atoms with Crippen molar-refractivity contribution in [1.82, 2.24) is 29.5 Å². The maximum absolute atomic E-state index is 14.0. The molecule has 0 bridgehead atoms. The number of hydrogen-bond donors (Lipinski definition) is 3. The van der Waals surface area contributed by atoms with E-state index in [0.717, 1.165) is 49.1 Å². The van der Waals surface area contributed by atoms with Crippen molar-refractivity contribution in [3.63, 3.8) is 0 Å². The zero-order valence-corrected chi connectivity index (χ0v) is 24.2. The number of hydrogen-bond acceptors (Lipinski definition) is 8. The second-order valence-corrected chi connectivity index (χ2v) is 11.6. The van der Waals surface area contributed by atoms with Gasteiger partial charge in [-0.05, 0) is 67.4 Å². The average molecular weight is 600 g/mol. The standard InChI is InChI=1S/C32H31F2N7O3/c1-17-6-29(44-31-24(33)4-3-5-25(31)34)36-12-28(17)41-32(35)23(11-37-41)30(43)27-10-19-7-20-13-40(22-14-39(2)15-22)21(16-42)8-18(20)9-26(19)38-27/h3-7,9-12,21-22,38,42H,8,13-16,35H2,1-2H3. The highest BCUT2D eigenvalue weighted by Gasteiger charge is 2.36. The number of likely N-dealkylation sites (N-methyl/N-ethyl adjacent to an activating group) is 1. The fraction of sp³-hybridized carbons (Fsp3) is 0.281. The number of nitrogens with zero attached hydrogens (tertiary/aromatic N) is 5. The molecule has 10 nitrogen and oxygen atoms in total. The molecule has 1 atom stereocenters. The third-order valence-electron chi connectivity index (χ3n) is 8.65. The first kappa shape index (κ1) is 28.1. The third-order valence-corrected chi connectivity index (χ3v) is 8.65. The molecule has 0 aliphatic carbocycles. The van der Waals surface area contributed by atoms with Crippen LogP contribution < -0.4 is 10.5 Å². The molecule has 0 radical (unpaired) electrons. The number of pyridine rings is 1. The molecule has 5 heterocycles. The highest BCUT2D eigenvalue weighted by atomic mass is 19.1. The Morgan fingerprint density at radius 2 is 1.91 bits per heavy atom. The van der Waals surface area contributed by atoms with Crippen LogP contribution in [0, 0.1) is 18.6 Å². The van der Waals surface area contributed by atoms with Gasteiger partial charge in [0.2, 0.25) is 17.4 Å². The number of ether oxygens (including phenoxy) is 1. The van der Waals surface area contributed by atoms with Crippen LogP contribution in [0.2, 0.25) is 0 Å². The number of aliphatic hydroxyl groups excluding tert-OH is 1. The van der Waals surface area contributed by atoms with Gasteiger partial charge in [0.25, 0.3) is 0 Å². The first-order chi connectivity index (χ1) is 21.2. The van der Waals surface area contributed by atoms with Crippen LogP contribution >= 0.6 is 0 Å². The normalized spacial score (nSPS) is 17.5. The number of anilines is 1. The maximum atomic E-state index is 14.0. The lowest BCUT2D eigenvalue weighted by Gasteiger charge is -2.48. The maximum Gasteiger partial charge on any atom is 0.219 e. The minimum atomic E-state index is -0.844. The lowest BCUT2D eigenvalue weighted by molar-refractivity contribution is -0.00680. The first-order valence-corrected chi connectivity index (χ1v) is 14.4. The number of nitrogens with one attached hydrogen (secondary N) is 1. The van der Waals surface area contributed by atoms with Gasteiger partial charge < -0.3 is 25.5 Å². The number of aromatic amines is 1. The number of ketones is 1. The number of H-pyrrole nitrogens is 1. The fourth-order valence-corrected chi connectivity index (χ4v) is 6.26. The molecule has 226 valence electrons. The topological polar surface area (TPSA) is 126 Å². The Kier molecular flexibility index (Phi) is 6.91. The number of nitrogen functional groups attached to an aromatic ring is 1. The van der Waals surface area contributed by atoms with Gasteiger partial charge in [-0.2, -0.15) is 5.10 Å². The number of halogens is 2. The second kappa shape index (κ2) is 10.8. The molecule has 1 fully saturated rings. The zero-order valence-electron chi connectivity index (χ0n) is 24.2. The van der Waals surface area contributed by atoms with Crippen molar-refractivity contribution in [2.24, 2.45) is 0 Å². The average Bonchev–Trinajstić information content (AvgIpc) is 3.58. The number of carbonyl (C=O) groups excluding carboxylic acids is 1. The van der Waals surface area contributed by atoms with Crippen LogP contribution in [0.5, 0.6) is 11.6 Å². The van der Waals surface area contributed by atoms with Crippen LogP contribution in [0.1, 0.15) is 32.7 Å². The molecular formula is C32H31F2N7O3. The van der Waals surface area contributed by atoms with Gasteiger partial charge in [-0.25, -0.2) is 18.4 Å². The highest BCUT2D eigenvalue weighted by Crippen LogP contribution is 2.33. The van der Waals surface area contributed by atoms with Crippen molar-refractivity contribution < 1.29 is 23.4 Å². The molecular weight excluding hydrogens is 568 g/mol. The Morgan fingerprint density at radius 3 is 2.61 bits per heavy atom. The summed E-state index contributed by atoms with van der Waals surface area (Å²) in [5.74, 6) is -2.43. The number of fused-ring (bicyclic) bond motifs is 2. The summed E-state index contributed by atoms with van der Waals surface area (Å²) < 4.78 is 34.8. The molecule has 5 aromatic rings. The summed E-state index contributed by atoms with van der Waals surface area (Å²) in [6, 6.07) is 11.5. The Hall–Kier alpha value is -4.65. The van der Waals surface area contributed by atoms with Crippen LogP contribution in [-0.4, -0.2) is 79.3 Å². The van der Waals surface area contributed by atoms with Gasteiger partial charge in [0, 0.05) is 48.7 Å². The number of nitrogens with two attached hydrogens (primary N) is 1. The molecule has 1 unspecified atom stereocenters. The summed E-state index contributed by atoms with van der Waals surface area (Å²) in [7, 11) is 2.10. The number of carbonyl (C=O) groups is 1. The zero-order chi connectivity index (χ0) is 30.7. The summed E-state index contributed by atoms with van der Waals surface area (Å²) >= 11 is 0. The Bertz CT molecular complexity index is 1890. The van der Waals surface area contributed by atoms with Gasteiger partial charge in [0.15, 0.2) is 11.6 Å². The quantitative estimate of drug-likeness (QED) is 0.240. The van der Waals surface area contributed by atoms with Gasteiger partial charge in [-0.1, -0.05) is 6.07 Å². The molecule has 44 heavy (non-hydrogen) atoms. The first-order valence-electron chi connectivity index (χ1n) is 14.4. The van der Waals surface area contributed by atoms with E-state index >= 15 is 0 Å². The number of rotatable bonds is 7. The van der Waals surface area contributed by atoms with E-state index in [1.54, 1.807) is 6.92 Å². The highest BCUT2D eigenvalue weighted by molar-refractivity contribution is 6.12. The van der Waals surface area contributed by atoms with E-state index in [9.17, 15) is 18.7 Å². The van der Waals surface area contributed by atoms with Gasteiger partial charge in [0.05, 0.1) is 35.9 Å². The van der Waals surface area contributed by atoms with E-state index in [-0.39, 0.29) is 35.7 Å². The molecule has 2 aliphatic heterocycles. The predicted molar refractivity (Wildman–Crippen MR) is 160 cm³/mol. The molecule has 3 aromatic heterocycles. The van der Waals surface area contributed by atoms with Crippen molar-refractivity contribution >= 4 is 22.5 Å². The molecule has 2 aromatic carbocycles. The summed E-state index contributed by atoms with van der Waals surface area (Å²) in [4.78, 5) is 25.7. The largest absolute Gasteiger partial charge is 0.433 e. The second-order valence-electron chi connectivity index (χ2n) is 11.6. The summed E-state index contributed by atoms with van der Waals surface area (Å²) in [6.45, 7) is 4.59. The monoisotopic (exact) mass is 599 g/mol. The summed E-state index contributed by atoms with van der Waals surface area (Å²) in [5.41, 5.74) is 11.3. The number of para-hydroxylation sites is 1. The van der Waals surface area contributed by atoms with E-state index in [1.807, 2.05) is 6.07 Å².